The average Bonchev–Trinajstić information content (AvgIpc) is 3.83. The van der Waals surface area contributed by atoms with E-state index in [1.165, 1.54) is 35.6 Å². The summed E-state index contributed by atoms with van der Waals surface area (Å²) < 4.78 is 110. The van der Waals surface area contributed by atoms with Gasteiger partial charge in [-0.2, -0.15) is 4.31 Å². The normalized spacial score (nSPS) is 25.6. The minimum atomic E-state index is -4.34. The summed E-state index contributed by atoms with van der Waals surface area (Å²) in [6.07, 6.45) is -4.48. The highest BCUT2D eigenvalue weighted by molar-refractivity contribution is 7.89. The molecule has 3 aromatic rings. The summed E-state index contributed by atoms with van der Waals surface area (Å²) in [5.74, 6) is -0.669. The van der Waals surface area contributed by atoms with Gasteiger partial charge in [0.2, 0.25) is 16.8 Å². The van der Waals surface area contributed by atoms with E-state index < -0.39 is 73.0 Å². The van der Waals surface area contributed by atoms with Crippen molar-refractivity contribution < 1.29 is 55.0 Å². The van der Waals surface area contributed by atoms with E-state index in [-0.39, 0.29) is 46.7 Å². The molecule has 0 radical (unpaired) electrons. The molecule has 15 heteroatoms. The van der Waals surface area contributed by atoms with Gasteiger partial charge in [0.05, 0.1) is 52.3 Å². The Morgan fingerprint density at radius 3 is 2.73 bits per heavy atom. The number of carbonyl (C=O) groups is 1. The number of aliphatic hydroxyl groups is 1. The van der Waals surface area contributed by atoms with E-state index in [2.05, 4.69) is 10.3 Å². The van der Waals surface area contributed by atoms with E-state index in [9.17, 15) is 18.3 Å². The molecule has 1 amide bonds. The van der Waals surface area contributed by atoms with Crippen LogP contribution >= 0.6 is 11.3 Å². The highest BCUT2D eigenvalue weighted by Crippen LogP contribution is 2.35. The third-order valence-corrected chi connectivity index (χ3v) is 10.5. The van der Waals surface area contributed by atoms with Crippen LogP contribution in [0.15, 0.2) is 52.7 Å². The first-order chi connectivity index (χ1) is 25.2. The van der Waals surface area contributed by atoms with Crippen molar-refractivity contribution in [1.29, 1.82) is 0 Å². The minimum Gasteiger partial charge on any atom is -0.487 e. The zero-order valence-corrected chi connectivity index (χ0v) is 28.1. The fraction of sp³-hybridized carbons (Fsp3) is 0.515. The van der Waals surface area contributed by atoms with Crippen molar-refractivity contribution in [3.63, 3.8) is 0 Å². The van der Waals surface area contributed by atoms with Crippen LogP contribution in [0.5, 0.6) is 17.2 Å². The molecule has 5 atom stereocenters. The van der Waals surface area contributed by atoms with Crippen molar-refractivity contribution in [1.82, 2.24) is 14.6 Å². The summed E-state index contributed by atoms with van der Waals surface area (Å²) in [6.45, 7) is -1.95. The summed E-state index contributed by atoms with van der Waals surface area (Å²) in [5, 5.41) is 16.6. The van der Waals surface area contributed by atoms with Gasteiger partial charge in [0.1, 0.15) is 21.2 Å². The molecule has 2 N–H and O–H groups in total. The predicted molar refractivity (Wildman–Crippen MR) is 174 cm³/mol. The molecule has 0 spiro atoms. The topological polar surface area (TPSA) is 155 Å². The Balaban J connectivity index is 1.23. The van der Waals surface area contributed by atoms with Gasteiger partial charge in [-0.1, -0.05) is 26.0 Å². The van der Waals surface area contributed by atoms with Crippen molar-refractivity contribution >= 4 is 27.5 Å². The molecular weight excluding hydrogens is 663 g/mol. The molecule has 2 saturated heterocycles. The quantitative estimate of drug-likeness (QED) is 0.251. The van der Waals surface area contributed by atoms with Crippen LogP contribution in [0.3, 0.4) is 0 Å². The number of alkyl carbamates (subject to hydrolysis) is 1. The summed E-state index contributed by atoms with van der Waals surface area (Å²) in [7, 11) is -4.34. The Kier molecular flexibility index (Phi) is 8.53. The molecule has 1 aromatic heterocycles. The molecular formula is C33H41N3O10S2. The second kappa shape index (κ2) is 15.0. The fourth-order valence-corrected chi connectivity index (χ4v) is 7.64. The number of ether oxygens (including phenoxy) is 6. The molecule has 0 unspecified atom stereocenters. The van der Waals surface area contributed by atoms with Crippen LogP contribution in [0.4, 0.5) is 4.79 Å². The van der Waals surface area contributed by atoms with E-state index in [1.54, 1.807) is 38.3 Å². The first-order valence-electron chi connectivity index (χ1n) is 18.4. The molecule has 6 rings (SSSR count). The van der Waals surface area contributed by atoms with Gasteiger partial charge in [0.15, 0.2) is 17.8 Å². The van der Waals surface area contributed by atoms with Gasteiger partial charge in [-0.15, -0.1) is 11.3 Å². The van der Waals surface area contributed by atoms with Gasteiger partial charge >= 0.3 is 6.09 Å². The monoisotopic (exact) mass is 709 g/mol. The molecule has 2 aromatic carbocycles. The van der Waals surface area contributed by atoms with Gasteiger partial charge in [-0.3, -0.25) is 0 Å². The zero-order chi connectivity index (χ0) is 39.2. The molecule has 2 fully saturated rings. The number of nitrogens with zero attached hydrogens (tertiary/aromatic N) is 2. The number of hydrogen-bond acceptors (Lipinski definition) is 12. The van der Waals surface area contributed by atoms with E-state index in [4.69, 9.17) is 36.6 Å². The third kappa shape index (κ3) is 8.21. The maximum Gasteiger partial charge on any atom is 0.407 e. The molecule has 4 heterocycles. The predicted octanol–water partition coefficient (Wildman–Crippen LogP) is 3.87. The average molecular weight is 710 g/mol. The van der Waals surface area contributed by atoms with Crippen molar-refractivity contribution in [2.45, 2.75) is 69.6 Å². The number of rotatable bonds is 14. The number of amides is 1. The SMILES string of the molecule is [2H]C1([2H])Oc2ccc(S(=O)(=O)N(CC(C)C)C[C@@H](O)[C@H](Cc3ccc(OC([2H])([2H])c4csc(C)n4)cc3)NC(=O)O[C@@H]3[C@@H]4CCO[C@@H]4OC3([2H])[2H])cc2O1. The Morgan fingerprint density at radius 1 is 1.19 bits per heavy atom. The molecule has 3 aliphatic rings. The van der Waals surface area contributed by atoms with Crippen LogP contribution in [0, 0.1) is 18.8 Å². The second-order valence-electron chi connectivity index (χ2n) is 12.0. The Labute approximate surface area is 292 Å². The van der Waals surface area contributed by atoms with Gasteiger partial charge < -0.3 is 38.8 Å². The number of carbonyl (C=O) groups excluding carboxylic acids is 1. The number of hydrogen-bond donors (Lipinski definition) is 2. The number of aryl methyl sites for hydroxylation is 1. The van der Waals surface area contributed by atoms with Gasteiger partial charge in [-0.25, -0.2) is 18.2 Å². The lowest BCUT2D eigenvalue weighted by Crippen LogP contribution is -2.51. The minimum absolute atomic E-state index is 0.0236. The Morgan fingerprint density at radius 2 is 1.98 bits per heavy atom. The van der Waals surface area contributed by atoms with Crippen molar-refractivity contribution in [2.24, 2.45) is 11.8 Å². The fourth-order valence-electron chi connectivity index (χ4n) is 5.47. The summed E-state index contributed by atoms with van der Waals surface area (Å²) in [4.78, 5) is 17.3. The number of aliphatic hydroxyl groups excluding tert-OH is 1. The van der Waals surface area contributed by atoms with Crippen LogP contribution in [-0.4, -0.2) is 86.4 Å². The van der Waals surface area contributed by atoms with E-state index in [0.717, 1.165) is 10.4 Å². The Bertz CT molecular complexity index is 1940. The molecule has 0 saturated carbocycles. The van der Waals surface area contributed by atoms with Crippen LogP contribution in [-0.2, 0) is 37.2 Å². The highest BCUT2D eigenvalue weighted by Gasteiger charge is 2.44. The van der Waals surface area contributed by atoms with E-state index >= 15 is 0 Å². The molecule has 0 aliphatic carbocycles. The summed E-state index contributed by atoms with van der Waals surface area (Å²) in [5.41, 5.74) is 0.666. The molecule has 260 valence electrons. The summed E-state index contributed by atoms with van der Waals surface area (Å²) >= 11 is 1.29. The lowest BCUT2D eigenvalue weighted by atomic mass is 10.0. The van der Waals surface area contributed by atoms with E-state index in [1.807, 2.05) is 0 Å². The Hall–Kier alpha value is -3.47. The van der Waals surface area contributed by atoms with Crippen molar-refractivity contribution in [3.8, 4) is 17.2 Å². The maximum absolute atomic E-state index is 14.0. The lowest BCUT2D eigenvalue weighted by Gasteiger charge is -2.31. The molecule has 13 nitrogen and oxygen atoms in total. The van der Waals surface area contributed by atoms with Crippen molar-refractivity contribution in [3.05, 3.63) is 64.1 Å². The number of sulfonamides is 1. The van der Waals surface area contributed by atoms with Gasteiger partial charge in [-0.05, 0) is 55.5 Å². The standard InChI is InChI=1S/C33H41N3O10S2/c1-20(2)14-36(48(39,40)25-8-9-29-30(13-25)45-19-44-29)15-28(37)27(35-33(38)46-31-17-43-32-26(31)10-11-41-32)12-22-4-6-24(7-5-22)42-16-23-18-47-21(3)34-23/h4-9,13,18,20,26-28,31-32,37H,10-12,14-17,19H2,1-3H3,(H,35,38)/t26-,27-,28+,31-,32+/m0/s1/i16D2,17D2,19D2. The van der Waals surface area contributed by atoms with E-state index in [0.29, 0.717) is 23.6 Å². The van der Waals surface area contributed by atoms with Crippen LogP contribution < -0.4 is 19.5 Å². The molecule has 0 bridgehead atoms. The lowest BCUT2D eigenvalue weighted by molar-refractivity contribution is -0.0907. The smallest absolute Gasteiger partial charge is 0.407 e. The number of aromatic nitrogens is 1. The van der Waals surface area contributed by atoms with Crippen LogP contribution in [0.2, 0.25) is 0 Å². The van der Waals surface area contributed by atoms with Crippen LogP contribution in [0.1, 0.15) is 44.8 Å². The van der Waals surface area contributed by atoms with Crippen molar-refractivity contribution in [2.75, 3.05) is 33.0 Å². The zero-order valence-electron chi connectivity index (χ0n) is 32.5. The summed E-state index contributed by atoms with van der Waals surface area (Å²) in [6, 6.07) is 8.69. The largest absolute Gasteiger partial charge is 0.487 e. The molecule has 3 aliphatic heterocycles. The van der Waals surface area contributed by atoms with Gasteiger partial charge in [0, 0.05) is 24.5 Å². The van der Waals surface area contributed by atoms with Gasteiger partial charge in [0.25, 0.3) is 0 Å². The first-order valence-corrected chi connectivity index (χ1v) is 17.7. The number of fused-ring (bicyclic) bond motifs is 2. The number of thiazole rings is 1. The second-order valence-corrected chi connectivity index (χ2v) is 15.0. The van der Waals surface area contributed by atoms with Crippen LogP contribution in [0.25, 0.3) is 0 Å². The first kappa shape index (κ1) is 27.4. The highest BCUT2D eigenvalue weighted by atomic mass is 32.2. The number of benzene rings is 2. The molecule has 48 heavy (non-hydrogen) atoms. The number of nitrogens with one attached hydrogen (secondary N) is 1. The third-order valence-electron chi connectivity index (χ3n) is 7.86. The maximum atomic E-state index is 14.0.